The van der Waals surface area contributed by atoms with Crippen LogP contribution >= 0.6 is 11.3 Å². The van der Waals surface area contributed by atoms with Crippen LogP contribution in [0.15, 0.2) is 18.2 Å². The molecule has 0 saturated carbocycles. The van der Waals surface area contributed by atoms with Crippen molar-refractivity contribution in [3.05, 3.63) is 45.5 Å². The van der Waals surface area contributed by atoms with Crippen LogP contribution < -0.4 is 5.32 Å². The first-order chi connectivity index (χ1) is 15.7. The molecule has 0 fully saturated rings. The third-order valence-corrected chi connectivity index (χ3v) is 7.10. The Morgan fingerprint density at radius 2 is 1.88 bits per heavy atom. The summed E-state index contributed by atoms with van der Waals surface area (Å²) in [5, 5.41) is 3.27. The number of carbonyl (C=O) groups is 4. The number of aromatic nitrogens is 1. The highest BCUT2D eigenvalue weighted by atomic mass is 32.1. The molecular formula is C24H28N4O4S. The van der Waals surface area contributed by atoms with E-state index in [0.29, 0.717) is 54.5 Å². The molecule has 3 heterocycles. The SMILES string of the molecule is CCC(C)N1C(=O)c2ccc(C(=O)Nc3nc4c(s3)CN(C(=O)CC(C)C)CC4)cc2C1=O. The highest BCUT2D eigenvalue weighted by molar-refractivity contribution is 7.15. The van der Waals surface area contributed by atoms with E-state index in [1.165, 1.54) is 28.4 Å². The lowest BCUT2D eigenvalue weighted by Gasteiger charge is -2.26. The standard InChI is InChI=1S/C24H28N4O4S/c1-5-14(4)28-22(31)16-7-6-15(11-17(16)23(28)32)21(30)26-24-25-18-8-9-27(12-19(18)33-24)20(29)10-13(2)3/h6-7,11,13-14H,5,8-10,12H2,1-4H3,(H,25,26,30). The minimum atomic E-state index is -0.390. The number of carbonyl (C=O) groups excluding carboxylic acids is 4. The summed E-state index contributed by atoms with van der Waals surface area (Å²) in [7, 11) is 0. The van der Waals surface area contributed by atoms with Gasteiger partial charge in [-0.25, -0.2) is 4.98 Å². The molecule has 4 amide bonds. The topological polar surface area (TPSA) is 99.7 Å². The number of fused-ring (bicyclic) bond motifs is 2. The zero-order valence-corrected chi connectivity index (χ0v) is 20.1. The van der Waals surface area contributed by atoms with Gasteiger partial charge in [-0.3, -0.25) is 29.4 Å². The molecule has 1 atom stereocenters. The maximum absolute atomic E-state index is 12.9. The van der Waals surface area contributed by atoms with Gasteiger partial charge in [0.15, 0.2) is 5.13 Å². The predicted octanol–water partition coefficient (Wildman–Crippen LogP) is 3.72. The summed E-state index contributed by atoms with van der Waals surface area (Å²) in [5.41, 5.74) is 1.78. The molecule has 2 aromatic rings. The molecule has 1 N–H and O–H groups in total. The summed E-state index contributed by atoms with van der Waals surface area (Å²) in [6.07, 6.45) is 1.84. The number of thiazole rings is 1. The molecule has 0 saturated heterocycles. The zero-order valence-electron chi connectivity index (χ0n) is 19.3. The Hall–Kier alpha value is -3.07. The van der Waals surface area contributed by atoms with Crippen LogP contribution in [0.3, 0.4) is 0 Å². The Morgan fingerprint density at radius 1 is 1.15 bits per heavy atom. The number of rotatable bonds is 6. The first kappa shape index (κ1) is 23.1. The fraction of sp³-hybridized carbons (Fsp3) is 0.458. The van der Waals surface area contributed by atoms with Gasteiger partial charge in [0, 0.05) is 35.9 Å². The Morgan fingerprint density at radius 3 is 2.58 bits per heavy atom. The van der Waals surface area contributed by atoms with E-state index >= 15 is 0 Å². The van der Waals surface area contributed by atoms with E-state index in [0.717, 1.165) is 10.6 Å². The number of imide groups is 1. The van der Waals surface area contributed by atoms with Gasteiger partial charge in [-0.05, 0) is 37.5 Å². The molecule has 0 radical (unpaired) electrons. The van der Waals surface area contributed by atoms with Gasteiger partial charge in [0.25, 0.3) is 17.7 Å². The van der Waals surface area contributed by atoms with Crippen LogP contribution in [0.4, 0.5) is 5.13 Å². The van der Waals surface area contributed by atoms with Crippen molar-refractivity contribution in [3.63, 3.8) is 0 Å². The summed E-state index contributed by atoms with van der Waals surface area (Å²) in [6.45, 7) is 8.94. The molecule has 8 nitrogen and oxygen atoms in total. The van der Waals surface area contributed by atoms with Crippen LogP contribution in [-0.4, -0.2) is 51.0 Å². The summed E-state index contributed by atoms with van der Waals surface area (Å²) < 4.78 is 0. The van der Waals surface area contributed by atoms with Gasteiger partial charge in [-0.15, -0.1) is 0 Å². The summed E-state index contributed by atoms with van der Waals surface area (Å²) in [5.74, 6) is -0.630. The Labute approximate surface area is 197 Å². The normalized spacial score (nSPS) is 16.2. The molecule has 1 aromatic heterocycles. The lowest BCUT2D eigenvalue weighted by Crippen LogP contribution is -2.37. The molecule has 33 heavy (non-hydrogen) atoms. The van der Waals surface area contributed by atoms with Crippen LogP contribution in [0.25, 0.3) is 0 Å². The van der Waals surface area contributed by atoms with Crippen molar-refractivity contribution in [2.75, 3.05) is 11.9 Å². The summed E-state index contributed by atoms with van der Waals surface area (Å²) in [6, 6.07) is 4.37. The number of nitrogens with one attached hydrogen (secondary N) is 1. The quantitative estimate of drug-likeness (QED) is 0.652. The summed E-state index contributed by atoms with van der Waals surface area (Å²) in [4.78, 5) is 59.2. The average molecular weight is 469 g/mol. The van der Waals surface area contributed by atoms with Crippen molar-refractivity contribution in [2.45, 2.75) is 59.5 Å². The lowest BCUT2D eigenvalue weighted by molar-refractivity contribution is -0.132. The van der Waals surface area contributed by atoms with Gasteiger partial charge in [0.1, 0.15) is 0 Å². The van der Waals surface area contributed by atoms with E-state index < -0.39 is 0 Å². The van der Waals surface area contributed by atoms with E-state index in [9.17, 15) is 19.2 Å². The van der Waals surface area contributed by atoms with Gasteiger partial charge < -0.3 is 4.90 Å². The van der Waals surface area contributed by atoms with E-state index in [1.54, 1.807) is 6.07 Å². The molecular weight excluding hydrogens is 440 g/mol. The first-order valence-corrected chi connectivity index (χ1v) is 12.1. The lowest BCUT2D eigenvalue weighted by atomic mass is 10.1. The number of hydrogen-bond donors (Lipinski definition) is 1. The fourth-order valence-electron chi connectivity index (χ4n) is 4.09. The number of hydrogen-bond acceptors (Lipinski definition) is 6. The first-order valence-electron chi connectivity index (χ1n) is 11.3. The molecule has 9 heteroatoms. The molecule has 0 aliphatic carbocycles. The molecule has 4 rings (SSSR count). The molecule has 2 aliphatic rings. The Kier molecular flexibility index (Phi) is 6.34. The van der Waals surface area contributed by atoms with Gasteiger partial charge in [-0.2, -0.15) is 0 Å². The van der Waals surface area contributed by atoms with Crippen LogP contribution in [0.1, 0.15) is 82.2 Å². The van der Waals surface area contributed by atoms with E-state index in [-0.39, 0.29) is 35.2 Å². The third kappa shape index (κ3) is 4.42. The second-order valence-electron chi connectivity index (χ2n) is 9.00. The molecule has 174 valence electrons. The van der Waals surface area contributed by atoms with Crippen molar-refractivity contribution in [1.82, 2.24) is 14.8 Å². The smallest absolute Gasteiger partial charge is 0.261 e. The number of amides is 4. The van der Waals surface area contributed by atoms with Gasteiger partial charge in [-0.1, -0.05) is 32.1 Å². The predicted molar refractivity (Wildman–Crippen MR) is 125 cm³/mol. The van der Waals surface area contributed by atoms with Crippen molar-refractivity contribution in [2.24, 2.45) is 5.92 Å². The Bertz CT molecular complexity index is 1140. The highest BCUT2D eigenvalue weighted by Crippen LogP contribution is 2.30. The van der Waals surface area contributed by atoms with Gasteiger partial charge >= 0.3 is 0 Å². The highest BCUT2D eigenvalue weighted by Gasteiger charge is 2.38. The van der Waals surface area contributed by atoms with Gasteiger partial charge in [0.2, 0.25) is 5.91 Å². The second kappa shape index (κ2) is 9.05. The third-order valence-electron chi connectivity index (χ3n) is 6.10. The second-order valence-corrected chi connectivity index (χ2v) is 10.1. The van der Waals surface area contributed by atoms with Crippen LogP contribution in [0.5, 0.6) is 0 Å². The van der Waals surface area contributed by atoms with Crippen molar-refractivity contribution >= 4 is 40.1 Å². The maximum Gasteiger partial charge on any atom is 0.261 e. The minimum absolute atomic E-state index is 0.137. The Balaban J connectivity index is 1.47. The minimum Gasteiger partial charge on any atom is -0.337 e. The largest absolute Gasteiger partial charge is 0.337 e. The van der Waals surface area contributed by atoms with Crippen LogP contribution in [0, 0.1) is 5.92 Å². The van der Waals surface area contributed by atoms with Crippen LogP contribution in [0.2, 0.25) is 0 Å². The molecule has 1 unspecified atom stereocenters. The van der Waals surface area contributed by atoms with Crippen molar-refractivity contribution < 1.29 is 19.2 Å². The monoisotopic (exact) mass is 468 g/mol. The fourth-order valence-corrected chi connectivity index (χ4v) is 5.11. The zero-order chi connectivity index (χ0) is 23.9. The maximum atomic E-state index is 12.9. The van der Waals surface area contributed by atoms with Crippen molar-refractivity contribution in [1.29, 1.82) is 0 Å². The van der Waals surface area contributed by atoms with E-state index in [4.69, 9.17) is 0 Å². The number of nitrogens with zero attached hydrogens (tertiary/aromatic N) is 3. The molecule has 1 aromatic carbocycles. The van der Waals surface area contributed by atoms with E-state index in [1.807, 2.05) is 32.6 Å². The van der Waals surface area contributed by atoms with E-state index in [2.05, 4.69) is 10.3 Å². The molecule has 0 spiro atoms. The van der Waals surface area contributed by atoms with Crippen LogP contribution in [-0.2, 0) is 17.8 Å². The number of benzene rings is 1. The summed E-state index contributed by atoms with van der Waals surface area (Å²) >= 11 is 1.37. The molecule has 0 bridgehead atoms. The van der Waals surface area contributed by atoms with Gasteiger partial charge in [0.05, 0.1) is 23.4 Å². The molecule has 2 aliphatic heterocycles. The van der Waals surface area contributed by atoms with Crippen molar-refractivity contribution in [3.8, 4) is 0 Å². The number of anilines is 1. The average Bonchev–Trinajstić information content (AvgIpc) is 3.29.